The Morgan fingerprint density at radius 2 is 1.81 bits per heavy atom. The van der Waals surface area contributed by atoms with E-state index < -0.39 is 0 Å². The molecule has 0 fully saturated rings. The molecule has 110 valence electrons. The van der Waals surface area contributed by atoms with E-state index in [0.717, 1.165) is 11.1 Å². The maximum Gasteiger partial charge on any atom is 0.332 e. The van der Waals surface area contributed by atoms with E-state index in [9.17, 15) is 9.59 Å². The summed E-state index contributed by atoms with van der Waals surface area (Å²) in [5.74, 6) is 0.632. The Bertz CT molecular complexity index is 777. The SMILES string of the molecule is Cn1c2c(c(=O)n(C)c1=O)CN(Cc1ccccc1)CN2. The summed E-state index contributed by atoms with van der Waals surface area (Å²) < 4.78 is 2.66. The Morgan fingerprint density at radius 1 is 1.10 bits per heavy atom. The minimum atomic E-state index is -0.303. The molecule has 1 aromatic heterocycles. The average molecular weight is 286 g/mol. The first-order valence-electron chi connectivity index (χ1n) is 6.87. The van der Waals surface area contributed by atoms with Gasteiger partial charge in [0.1, 0.15) is 5.82 Å². The van der Waals surface area contributed by atoms with E-state index in [4.69, 9.17) is 0 Å². The van der Waals surface area contributed by atoms with Crippen LogP contribution in [0, 0.1) is 0 Å². The van der Waals surface area contributed by atoms with Crippen molar-refractivity contribution in [3.8, 4) is 0 Å². The molecule has 3 rings (SSSR count). The normalized spacial score (nSPS) is 14.6. The molecule has 6 heteroatoms. The van der Waals surface area contributed by atoms with Crippen molar-refractivity contribution in [3.05, 3.63) is 62.3 Å². The van der Waals surface area contributed by atoms with Gasteiger partial charge < -0.3 is 5.32 Å². The highest BCUT2D eigenvalue weighted by Gasteiger charge is 2.22. The molecule has 1 aromatic carbocycles. The molecular formula is C15H18N4O2. The number of fused-ring (bicyclic) bond motifs is 1. The Morgan fingerprint density at radius 3 is 2.52 bits per heavy atom. The van der Waals surface area contributed by atoms with Gasteiger partial charge in [0.15, 0.2) is 0 Å². The van der Waals surface area contributed by atoms with Crippen LogP contribution in [0.25, 0.3) is 0 Å². The lowest BCUT2D eigenvalue weighted by atomic mass is 10.2. The maximum absolute atomic E-state index is 12.3. The van der Waals surface area contributed by atoms with Crippen LogP contribution in [0.4, 0.5) is 5.82 Å². The summed E-state index contributed by atoms with van der Waals surface area (Å²) in [4.78, 5) is 26.3. The molecule has 0 aliphatic carbocycles. The summed E-state index contributed by atoms with van der Waals surface area (Å²) in [6.07, 6.45) is 0. The molecule has 6 nitrogen and oxygen atoms in total. The fourth-order valence-electron chi connectivity index (χ4n) is 2.70. The van der Waals surface area contributed by atoms with Gasteiger partial charge in [0, 0.05) is 27.2 Å². The van der Waals surface area contributed by atoms with Crippen LogP contribution < -0.4 is 16.6 Å². The van der Waals surface area contributed by atoms with Crippen LogP contribution in [-0.2, 0) is 27.2 Å². The minimum Gasteiger partial charge on any atom is -0.358 e. The highest BCUT2D eigenvalue weighted by molar-refractivity contribution is 5.45. The van der Waals surface area contributed by atoms with Gasteiger partial charge in [0.05, 0.1) is 12.2 Å². The zero-order chi connectivity index (χ0) is 15.0. The van der Waals surface area contributed by atoms with E-state index in [1.807, 2.05) is 18.2 Å². The molecule has 0 saturated heterocycles. The van der Waals surface area contributed by atoms with Gasteiger partial charge in [-0.15, -0.1) is 0 Å². The summed E-state index contributed by atoms with van der Waals surface area (Å²) in [5.41, 5.74) is 1.31. The first-order valence-corrected chi connectivity index (χ1v) is 6.87. The second kappa shape index (κ2) is 5.21. The predicted octanol–water partition coefficient (Wildman–Crippen LogP) is 0.469. The third-order valence-corrected chi connectivity index (χ3v) is 3.86. The van der Waals surface area contributed by atoms with Crippen molar-refractivity contribution in [1.29, 1.82) is 0 Å². The molecule has 2 heterocycles. The van der Waals surface area contributed by atoms with Gasteiger partial charge in [-0.2, -0.15) is 0 Å². The topological polar surface area (TPSA) is 59.3 Å². The smallest absolute Gasteiger partial charge is 0.332 e. The first kappa shape index (κ1) is 13.6. The number of hydrogen-bond acceptors (Lipinski definition) is 4. The monoisotopic (exact) mass is 286 g/mol. The molecule has 0 unspecified atom stereocenters. The Hall–Kier alpha value is -2.34. The number of anilines is 1. The molecule has 0 amide bonds. The summed E-state index contributed by atoms with van der Waals surface area (Å²) in [5, 5.41) is 3.19. The molecule has 0 radical (unpaired) electrons. The Balaban J connectivity index is 1.93. The van der Waals surface area contributed by atoms with Crippen LogP contribution in [0.15, 0.2) is 39.9 Å². The number of rotatable bonds is 2. The molecular weight excluding hydrogens is 268 g/mol. The fourth-order valence-corrected chi connectivity index (χ4v) is 2.70. The first-order chi connectivity index (χ1) is 10.1. The van der Waals surface area contributed by atoms with E-state index in [1.54, 1.807) is 7.05 Å². The summed E-state index contributed by atoms with van der Waals surface area (Å²) in [6.45, 7) is 1.92. The van der Waals surface area contributed by atoms with Gasteiger partial charge in [-0.1, -0.05) is 30.3 Å². The third-order valence-electron chi connectivity index (χ3n) is 3.86. The quantitative estimate of drug-likeness (QED) is 0.872. The number of benzene rings is 1. The number of hydrogen-bond donors (Lipinski definition) is 1. The second-order valence-electron chi connectivity index (χ2n) is 5.34. The van der Waals surface area contributed by atoms with E-state index in [2.05, 4.69) is 22.3 Å². The zero-order valence-corrected chi connectivity index (χ0v) is 12.2. The second-order valence-corrected chi connectivity index (χ2v) is 5.34. The molecule has 21 heavy (non-hydrogen) atoms. The Kier molecular flexibility index (Phi) is 3.39. The lowest BCUT2D eigenvalue weighted by Gasteiger charge is -2.30. The molecule has 1 aliphatic heterocycles. The van der Waals surface area contributed by atoms with Gasteiger partial charge in [-0.05, 0) is 5.56 Å². The molecule has 1 N–H and O–H groups in total. The summed E-state index contributed by atoms with van der Waals surface area (Å²) in [7, 11) is 3.20. The van der Waals surface area contributed by atoms with E-state index in [0.29, 0.717) is 24.6 Å². The van der Waals surface area contributed by atoms with Gasteiger partial charge >= 0.3 is 5.69 Å². The molecule has 0 bridgehead atoms. The predicted molar refractivity (Wildman–Crippen MR) is 81.1 cm³/mol. The van der Waals surface area contributed by atoms with Crippen LogP contribution in [-0.4, -0.2) is 20.7 Å². The molecule has 0 atom stereocenters. The van der Waals surface area contributed by atoms with Crippen molar-refractivity contribution in [2.24, 2.45) is 14.1 Å². The van der Waals surface area contributed by atoms with E-state index >= 15 is 0 Å². The summed E-state index contributed by atoms with van der Waals surface area (Å²) >= 11 is 0. The van der Waals surface area contributed by atoms with Crippen LogP contribution in [0.1, 0.15) is 11.1 Å². The molecule has 0 spiro atoms. The van der Waals surface area contributed by atoms with Crippen molar-refractivity contribution in [2.45, 2.75) is 13.1 Å². The van der Waals surface area contributed by atoms with E-state index in [-0.39, 0.29) is 11.2 Å². The van der Waals surface area contributed by atoms with Crippen molar-refractivity contribution < 1.29 is 0 Å². The van der Waals surface area contributed by atoms with Gasteiger partial charge in [0.2, 0.25) is 0 Å². The van der Waals surface area contributed by atoms with Crippen LogP contribution in [0.2, 0.25) is 0 Å². The van der Waals surface area contributed by atoms with Crippen LogP contribution in [0.5, 0.6) is 0 Å². The molecule has 2 aromatic rings. The van der Waals surface area contributed by atoms with Gasteiger partial charge in [0.25, 0.3) is 5.56 Å². The highest BCUT2D eigenvalue weighted by Crippen LogP contribution is 2.18. The number of nitrogens with one attached hydrogen (secondary N) is 1. The largest absolute Gasteiger partial charge is 0.358 e. The molecule has 0 saturated carbocycles. The van der Waals surface area contributed by atoms with E-state index in [1.165, 1.54) is 17.2 Å². The van der Waals surface area contributed by atoms with Gasteiger partial charge in [-0.3, -0.25) is 18.8 Å². The van der Waals surface area contributed by atoms with Crippen LogP contribution >= 0.6 is 0 Å². The fraction of sp³-hybridized carbons (Fsp3) is 0.333. The van der Waals surface area contributed by atoms with Gasteiger partial charge in [-0.25, -0.2) is 4.79 Å². The van der Waals surface area contributed by atoms with Crippen molar-refractivity contribution in [3.63, 3.8) is 0 Å². The van der Waals surface area contributed by atoms with Crippen molar-refractivity contribution >= 4 is 5.82 Å². The lowest BCUT2D eigenvalue weighted by molar-refractivity contribution is 0.262. The third kappa shape index (κ3) is 2.38. The number of nitrogens with zero attached hydrogens (tertiary/aromatic N) is 3. The average Bonchev–Trinajstić information content (AvgIpc) is 2.52. The van der Waals surface area contributed by atoms with Crippen molar-refractivity contribution in [1.82, 2.24) is 14.0 Å². The van der Waals surface area contributed by atoms with Crippen LogP contribution in [0.3, 0.4) is 0 Å². The lowest BCUT2D eigenvalue weighted by Crippen LogP contribution is -2.46. The maximum atomic E-state index is 12.3. The molecule has 1 aliphatic rings. The zero-order valence-electron chi connectivity index (χ0n) is 12.2. The highest BCUT2D eigenvalue weighted by atomic mass is 16.2. The Labute approximate surface area is 122 Å². The minimum absolute atomic E-state index is 0.224. The summed E-state index contributed by atoms with van der Waals surface area (Å²) in [6, 6.07) is 10.1. The number of aromatic nitrogens is 2. The standard InChI is InChI=1S/C15H18N4O2/c1-17-13-12(14(20)18(2)15(17)21)9-19(10-16-13)8-11-6-4-3-5-7-11/h3-7,16H,8-10H2,1-2H3. The van der Waals surface area contributed by atoms with Crippen molar-refractivity contribution in [2.75, 3.05) is 12.0 Å².